The van der Waals surface area contributed by atoms with E-state index in [-0.39, 0.29) is 0 Å². The van der Waals surface area contributed by atoms with Crippen molar-refractivity contribution in [2.24, 2.45) is 0 Å². The molecule has 1 aromatic rings. The van der Waals surface area contributed by atoms with E-state index < -0.39 is 0 Å². The highest BCUT2D eigenvalue weighted by molar-refractivity contribution is 6.33. The zero-order valence-electron chi connectivity index (χ0n) is 9.26. The molecule has 0 amide bonds. The molecule has 0 bridgehead atoms. The van der Waals surface area contributed by atoms with Crippen LogP contribution in [0.5, 0.6) is 0 Å². The van der Waals surface area contributed by atoms with Crippen molar-refractivity contribution in [3.8, 4) is 0 Å². The maximum absolute atomic E-state index is 6.21. The van der Waals surface area contributed by atoms with Crippen molar-refractivity contribution in [3.05, 3.63) is 28.8 Å². The van der Waals surface area contributed by atoms with Gasteiger partial charge in [0.15, 0.2) is 0 Å². The van der Waals surface area contributed by atoms with Crippen molar-refractivity contribution in [2.45, 2.75) is 19.4 Å². The fourth-order valence-electron chi connectivity index (χ4n) is 2.08. The second-order valence-corrected chi connectivity index (χ2v) is 4.58. The normalized spacial score (nSPS) is 21.0. The number of benzene rings is 1. The minimum Gasteiger partial charge on any atom is -0.369 e. The summed E-state index contributed by atoms with van der Waals surface area (Å²) < 4.78 is 0. The standard InChI is InChI=1S/C12H17ClN2/c1-9-3-4-11(13)12(7-9)15-6-5-10(8-15)14-2/h3-4,7,10,14H,5-6,8H2,1-2H3. The van der Waals surface area contributed by atoms with Gasteiger partial charge in [-0.05, 0) is 38.1 Å². The summed E-state index contributed by atoms with van der Waals surface area (Å²) in [4.78, 5) is 2.36. The van der Waals surface area contributed by atoms with Gasteiger partial charge >= 0.3 is 0 Å². The molecule has 1 heterocycles. The first-order chi connectivity index (χ1) is 7.20. The first kappa shape index (κ1) is 10.8. The van der Waals surface area contributed by atoms with Gasteiger partial charge in [0, 0.05) is 19.1 Å². The van der Waals surface area contributed by atoms with Gasteiger partial charge in [-0.1, -0.05) is 17.7 Å². The van der Waals surface area contributed by atoms with E-state index in [9.17, 15) is 0 Å². The Hall–Kier alpha value is -0.730. The summed E-state index contributed by atoms with van der Waals surface area (Å²) in [6.45, 7) is 4.25. The average Bonchev–Trinajstić information content (AvgIpc) is 2.70. The Morgan fingerprint density at radius 3 is 2.93 bits per heavy atom. The van der Waals surface area contributed by atoms with Crippen LogP contribution in [0.15, 0.2) is 18.2 Å². The molecule has 1 atom stereocenters. The van der Waals surface area contributed by atoms with E-state index in [1.165, 1.54) is 17.7 Å². The molecule has 1 saturated heterocycles. The van der Waals surface area contributed by atoms with Crippen molar-refractivity contribution in [2.75, 3.05) is 25.0 Å². The second kappa shape index (κ2) is 4.42. The minimum atomic E-state index is 0.599. The monoisotopic (exact) mass is 224 g/mol. The third-order valence-corrected chi connectivity index (χ3v) is 3.36. The Labute approximate surface area is 96.2 Å². The number of halogens is 1. The predicted octanol–water partition coefficient (Wildman–Crippen LogP) is 2.45. The molecule has 2 rings (SSSR count). The number of hydrogen-bond acceptors (Lipinski definition) is 2. The summed E-state index contributed by atoms with van der Waals surface area (Å²) >= 11 is 6.21. The van der Waals surface area contributed by atoms with Gasteiger partial charge in [-0.2, -0.15) is 0 Å². The van der Waals surface area contributed by atoms with Crippen LogP contribution in [0.1, 0.15) is 12.0 Å². The molecule has 0 aromatic heterocycles. The van der Waals surface area contributed by atoms with Crippen LogP contribution in [0.4, 0.5) is 5.69 Å². The average molecular weight is 225 g/mol. The second-order valence-electron chi connectivity index (χ2n) is 4.18. The van der Waals surface area contributed by atoms with E-state index in [4.69, 9.17) is 11.6 Å². The summed E-state index contributed by atoms with van der Waals surface area (Å²) in [5.74, 6) is 0. The largest absolute Gasteiger partial charge is 0.369 e. The van der Waals surface area contributed by atoms with Crippen LogP contribution in [0.3, 0.4) is 0 Å². The number of likely N-dealkylation sites (N-methyl/N-ethyl adjacent to an activating group) is 1. The van der Waals surface area contributed by atoms with Crippen molar-refractivity contribution >= 4 is 17.3 Å². The molecule has 0 saturated carbocycles. The number of anilines is 1. The quantitative estimate of drug-likeness (QED) is 0.830. The third kappa shape index (κ3) is 2.27. The van der Waals surface area contributed by atoms with E-state index in [1.807, 2.05) is 13.1 Å². The molecular weight excluding hydrogens is 208 g/mol. The maximum Gasteiger partial charge on any atom is 0.0639 e. The molecule has 1 aromatic carbocycles. The number of aryl methyl sites for hydroxylation is 1. The van der Waals surface area contributed by atoms with Crippen LogP contribution in [0.2, 0.25) is 5.02 Å². The van der Waals surface area contributed by atoms with E-state index in [0.29, 0.717) is 6.04 Å². The van der Waals surface area contributed by atoms with Gasteiger partial charge in [0.25, 0.3) is 0 Å². The van der Waals surface area contributed by atoms with Crippen molar-refractivity contribution in [3.63, 3.8) is 0 Å². The van der Waals surface area contributed by atoms with Crippen LogP contribution in [0, 0.1) is 6.92 Å². The smallest absolute Gasteiger partial charge is 0.0639 e. The number of rotatable bonds is 2. The Bertz CT molecular complexity index is 351. The molecule has 3 heteroatoms. The highest BCUT2D eigenvalue weighted by atomic mass is 35.5. The summed E-state index contributed by atoms with van der Waals surface area (Å²) in [5, 5.41) is 4.17. The topological polar surface area (TPSA) is 15.3 Å². The molecule has 82 valence electrons. The summed E-state index contributed by atoms with van der Waals surface area (Å²) in [6.07, 6.45) is 1.20. The molecule has 15 heavy (non-hydrogen) atoms. The van der Waals surface area contributed by atoms with Crippen LogP contribution in [-0.4, -0.2) is 26.2 Å². The maximum atomic E-state index is 6.21. The Morgan fingerprint density at radius 1 is 1.47 bits per heavy atom. The van der Waals surface area contributed by atoms with Crippen LogP contribution >= 0.6 is 11.6 Å². The summed E-state index contributed by atoms with van der Waals surface area (Å²) in [5.41, 5.74) is 2.44. The van der Waals surface area contributed by atoms with Crippen LogP contribution in [0.25, 0.3) is 0 Å². The SMILES string of the molecule is CNC1CCN(c2cc(C)ccc2Cl)C1. The van der Waals surface area contributed by atoms with Crippen molar-refractivity contribution in [1.82, 2.24) is 5.32 Å². The van der Waals surface area contributed by atoms with Gasteiger partial charge in [-0.15, -0.1) is 0 Å². The predicted molar refractivity (Wildman–Crippen MR) is 65.9 cm³/mol. The lowest BCUT2D eigenvalue weighted by Crippen LogP contribution is -2.29. The lowest BCUT2D eigenvalue weighted by atomic mass is 10.2. The molecule has 1 aliphatic heterocycles. The summed E-state index contributed by atoms with van der Waals surface area (Å²) in [7, 11) is 2.02. The van der Waals surface area contributed by atoms with Gasteiger partial charge in [-0.25, -0.2) is 0 Å². The zero-order chi connectivity index (χ0) is 10.8. The van der Waals surface area contributed by atoms with Gasteiger partial charge < -0.3 is 10.2 Å². The molecule has 1 N–H and O–H groups in total. The highest BCUT2D eigenvalue weighted by Gasteiger charge is 2.22. The molecule has 1 aliphatic rings. The Morgan fingerprint density at radius 2 is 2.27 bits per heavy atom. The van der Waals surface area contributed by atoms with E-state index >= 15 is 0 Å². The zero-order valence-corrected chi connectivity index (χ0v) is 10.0. The molecule has 1 unspecified atom stereocenters. The number of nitrogens with zero attached hydrogens (tertiary/aromatic N) is 1. The Kier molecular flexibility index (Phi) is 3.17. The van der Waals surface area contributed by atoms with Gasteiger partial charge in [-0.3, -0.25) is 0 Å². The molecule has 0 aliphatic carbocycles. The number of hydrogen-bond donors (Lipinski definition) is 1. The molecule has 1 fully saturated rings. The Balaban J connectivity index is 2.19. The molecule has 2 nitrogen and oxygen atoms in total. The highest BCUT2D eigenvalue weighted by Crippen LogP contribution is 2.29. The summed E-state index contributed by atoms with van der Waals surface area (Å²) in [6, 6.07) is 6.80. The van der Waals surface area contributed by atoms with Crippen molar-refractivity contribution in [1.29, 1.82) is 0 Å². The lowest BCUT2D eigenvalue weighted by molar-refractivity contribution is 0.617. The third-order valence-electron chi connectivity index (χ3n) is 3.04. The lowest BCUT2D eigenvalue weighted by Gasteiger charge is -2.20. The number of nitrogens with one attached hydrogen (secondary N) is 1. The van der Waals surface area contributed by atoms with E-state index in [1.54, 1.807) is 0 Å². The van der Waals surface area contributed by atoms with Gasteiger partial charge in [0.05, 0.1) is 10.7 Å². The molecule has 0 spiro atoms. The van der Waals surface area contributed by atoms with Crippen LogP contribution < -0.4 is 10.2 Å². The molecule has 0 radical (unpaired) electrons. The van der Waals surface area contributed by atoms with E-state index in [0.717, 1.165) is 18.1 Å². The minimum absolute atomic E-state index is 0.599. The fraction of sp³-hybridized carbons (Fsp3) is 0.500. The van der Waals surface area contributed by atoms with Gasteiger partial charge in [0.1, 0.15) is 0 Å². The van der Waals surface area contributed by atoms with Gasteiger partial charge in [0.2, 0.25) is 0 Å². The first-order valence-electron chi connectivity index (χ1n) is 5.39. The van der Waals surface area contributed by atoms with E-state index in [2.05, 4.69) is 29.3 Å². The molecular formula is C12H17ClN2. The fourth-order valence-corrected chi connectivity index (χ4v) is 2.32. The van der Waals surface area contributed by atoms with Crippen molar-refractivity contribution < 1.29 is 0 Å². The first-order valence-corrected chi connectivity index (χ1v) is 5.77. The van der Waals surface area contributed by atoms with Crippen LogP contribution in [-0.2, 0) is 0 Å².